The Kier molecular flexibility index (Phi) is 5.35. The molecule has 21 heavy (non-hydrogen) atoms. The normalized spacial score (nSPS) is 14.1. The van der Waals surface area contributed by atoms with Crippen LogP contribution >= 0.6 is 0 Å². The standard InChI is InChI=1S/C16H23NO4/c1-5-16(13(18)19,12-9-7-6-8-10-12)11-17-14(20)21-15(2,3)4/h6-10H,5,11H2,1-4H3,(H,17,20)(H,18,19). The van der Waals surface area contributed by atoms with Crippen molar-refractivity contribution in [3.8, 4) is 0 Å². The molecule has 1 unspecified atom stereocenters. The monoisotopic (exact) mass is 293 g/mol. The topological polar surface area (TPSA) is 75.6 Å². The number of carboxylic acids is 1. The quantitative estimate of drug-likeness (QED) is 0.875. The van der Waals surface area contributed by atoms with Gasteiger partial charge in [0.2, 0.25) is 0 Å². The van der Waals surface area contributed by atoms with Crippen LogP contribution in [0.3, 0.4) is 0 Å². The van der Waals surface area contributed by atoms with Crippen LogP contribution in [0.2, 0.25) is 0 Å². The molecule has 2 N–H and O–H groups in total. The van der Waals surface area contributed by atoms with Crippen molar-refractivity contribution < 1.29 is 19.4 Å². The maximum atomic E-state index is 11.8. The number of hydrogen-bond donors (Lipinski definition) is 2. The smallest absolute Gasteiger partial charge is 0.407 e. The summed E-state index contributed by atoms with van der Waals surface area (Å²) in [4.78, 5) is 23.5. The van der Waals surface area contributed by atoms with Crippen LogP contribution in [-0.2, 0) is 14.9 Å². The average molecular weight is 293 g/mol. The Morgan fingerprint density at radius 1 is 1.19 bits per heavy atom. The van der Waals surface area contributed by atoms with E-state index >= 15 is 0 Å². The molecule has 5 nitrogen and oxygen atoms in total. The van der Waals surface area contributed by atoms with Crippen LogP contribution in [0.4, 0.5) is 4.79 Å². The van der Waals surface area contributed by atoms with E-state index in [0.717, 1.165) is 0 Å². The fourth-order valence-corrected chi connectivity index (χ4v) is 2.08. The molecule has 0 saturated heterocycles. The third-order valence-corrected chi connectivity index (χ3v) is 3.27. The lowest BCUT2D eigenvalue weighted by Gasteiger charge is -2.29. The summed E-state index contributed by atoms with van der Waals surface area (Å²) in [6.45, 7) is 7.05. The van der Waals surface area contributed by atoms with Crippen LogP contribution in [-0.4, -0.2) is 29.3 Å². The second kappa shape index (κ2) is 6.61. The molecule has 0 bridgehead atoms. The predicted octanol–water partition coefficient (Wildman–Crippen LogP) is 2.94. The maximum Gasteiger partial charge on any atom is 0.407 e. The lowest BCUT2D eigenvalue weighted by Crippen LogP contribution is -2.47. The van der Waals surface area contributed by atoms with Gasteiger partial charge in [0.05, 0.1) is 0 Å². The number of alkyl carbamates (subject to hydrolysis) is 1. The zero-order chi connectivity index (χ0) is 16.1. The van der Waals surface area contributed by atoms with Gasteiger partial charge in [-0.15, -0.1) is 0 Å². The molecule has 1 atom stereocenters. The van der Waals surface area contributed by atoms with Crippen LogP contribution in [0, 0.1) is 0 Å². The summed E-state index contributed by atoms with van der Waals surface area (Å²) >= 11 is 0. The number of carboxylic acid groups (broad SMARTS) is 1. The molecule has 1 aromatic carbocycles. The van der Waals surface area contributed by atoms with E-state index in [2.05, 4.69) is 5.32 Å². The lowest BCUT2D eigenvalue weighted by molar-refractivity contribution is -0.143. The van der Waals surface area contributed by atoms with E-state index in [9.17, 15) is 14.7 Å². The number of rotatable bonds is 5. The Morgan fingerprint density at radius 2 is 1.76 bits per heavy atom. The van der Waals surface area contributed by atoms with Crippen molar-refractivity contribution in [3.63, 3.8) is 0 Å². The molecule has 0 aliphatic heterocycles. The highest BCUT2D eigenvalue weighted by molar-refractivity contribution is 5.82. The highest BCUT2D eigenvalue weighted by Gasteiger charge is 2.39. The minimum absolute atomic E-state index is 0.0161. The van der Waals surface area contributed by atoms with Gasteiger partial charge in [-0.05, 0) is 32.8 Å². The zero-order valence-electron chi connectivity index (χ0n) is 13.0. The van der Waals surface area contributed by atoms with E-state index in [4.69, 9.17) is 4.74 Å². The van der Waals surface area contributed by atoms with Crippen molar-refractivity contribution in [3.05, 3.63) is 35.9 Å². The Labute approximate surface area is 125 Å². The van der Waals surface area contributed by atoms with Crippen LogP contribution in [0.25, 0.3) is 0 Å². The molecule has 5 heteroatoms. The first-order chi connectivity index (χ1) is 9.71. The Balaban J connectivity index is 2.91. The number of carbonyl (C=O) groups is 2. The summed E-state index contributed by atoms with van der Waals surface area (Å²) in [6, 6.07) is 8.92. The second-order valence-corrected chi connectivity index (χ2v) is 5.96. The largest absolute Gasteiger partial charge is 0.481 e. The SMILES string of the molecule is CCC(CNC(=O)OC(C)(C)C)(C(=O)O)c1ccccc1. The molecule has 0 aromatic heterocycles. The summed E-state index contributed by atoms with van der Waals surface area (Å²) in [5.74, 6) is -0.966. The fraction of sp³-hybridized carbons (Fsp3) is 0.500. The molecule has 1 amide bonds. The van der Waals surface area contributed by atoms with Crippen molar-refractivity contribution >= 4 is 12.1 Å². The molecular formula is C16H23NO4. The molecule has 0 spiro atoms. The third-order valence-electron chi connectivity index (χ3n) is 3.27. The minimum Gasteiger partial charge on any atom is -0.481 e. The summed E-state index contributed by atoms with van der Waals surface area (Å²) in [7, 11) is 0. The highest BCUT2D eigenvalue weighted by atomic mass is 16.6. The number of nitrogens with one attached hydrogen (secondary N) is 1. The van der Waals surface area contributed by atoms with Gasteiger partial charge >= 0.3 is 12.1 Å². The van der Waals surface area contributed by atoms with Crippen LogP contribution in [0.15, 0.2) is 30.3 Å². The van der Waals surface area contributed by atoms with E-state index in [1.807, 2.05) is 6.07 Å². The predicted molar refractivity (Wildman–Crippen MR) is 80.3 cm³/mol. The molecular weight excluding hydrogens is 270 g/mol. The number of ether oxygens (including phenoxy) is 1. The number of benzene rings is 1. The van der Waals surface area contributed by atoms with E-state index in [-0.39, 0.29) is 6.54 Å². The molecule has 0 aliphatic carbocycles. The van der Waals surface area contributed by atoms with Crippen LogP contribution < -0.4 is 5.32 Å². The van der Waals surface area contributed by atoms with E-state index in [1.165, 1.54) is 0 Å². The van der Waals surface area contributed by atoms with Gasteiger partial charge in [0.25, 0.3) is 0 Å². The maximum absolute atomic E-state index is 11.8. The number of amides is 1. The lowest BCUT2D eigenvalue weighted by atomic mass is 9.78. The summed E-state index contributed by atoms with van der Waals surface area (Å²) in [5, 5.41) is 12.2. The first-order valence-corrected chi connectivity index (χ1v) is 6.97. The van der Waals surface area contributed by atoms with Gasteiger partial charge in [0.1, 0.15) is 11.0 Å². The van der Waals surface area contributed by atoms with Crippen LogP contribution in [0.1, 0.15) is 39.7 Å². The summed E-state index contributed by atoms with van der Waals surface area (Å²) < 4.78 is 5.15. The molecule has 1 aromatic rings. The number of aliphatic carboxylic acids is 1. The van der Waals surface area contributed by atoms with Gasteiger partial charge in [-0.3, -0.25) is 4.79 Å². The molecule has 0 radical (unpaired) electrons. The Hall–Kier alpha value is -2.04. The summed E-state index contributed by atoms with van der Waals surface area (Å²) in [6.07, 6.45) is -0.250. The van der Waals surface area contributed by atoms with Crippen molar-refractivity contribution in [2.24, 2.45) is 0 Å². The van der Waals surface area contributed by atoms with Gasteiger partial charge < -0.3 is 15.2 Å². The number of carbonyl (C=O) groups excluding carboxylic acids is 1. The molecule has 116 valence electrons. The number of hydrogen-bond acceptors (Lipinski definition) is 3. The van der Waals surface area contributed by atoms with Gasteiger partial charge in [-0.2, -0.15) is 0 Å². The molecule has 0 saturated carbocycles. The van der Waals surface area contributed by atoms with Crippen molar-refractivity contribution in [2.45, 2.75) is 45.1 Å². The molecule has 0 aliphatic rings. The van der Waals surface area contributed by atoms with Crippen LogP contribution in [0.5, 0.6) is 0 Å². The zero-order valence-corrected chi connectivity index (χ0v) is 13.0. The first kappa shape index (κ1) is 17.0. The first-order valence-electron chi connectivity index (χ1n) is 6.97. The van der Waals surface area contributed by atoms with Gasteiger partial charge in [-0.25, -0.2) is 4.79 Å². The van der Waals surface area contributed by atoms with E-state index < -0.39 is 23.1 Å². The van der Waals surface area contributed by atoms with E-state index in [1.54, 1.807) is 52.0 Å². The van der Waals surface area contributed by atoms with Gasteiger partial charge in [0, 0.05) is 6.54 Å². The average Bonchev–Trinajstić information content (AvgIpc) is 2.39. The third kappa shape index (κ3) is 4.48. The second-order valence-electron chi connectivity index (χ2n) is 5.96. The van der Waals surface area contributed by atoms with Gasteiger partial charge in [0.15, 0.2) is 0 Å². The van der Waals surface area contributed by atoms with Gasteiger partial charge in [-0.1, -0.05) is 37.3 Å². The Morgan fingerprint density at radius 3 is 2.19 bits per heavy atom. The van der Waals surface area contributed by atoms with Crippen molar-refractivity contribution in [2.75, 3.05) is 6.54 Å². The Bertz CT molecular complexity index is 493. The van der Waals surface area contributed by atoms with Crippen molar-refractivity contribution in [1.29, 1.82) is 0 Å². The van der Waals surface area contributed by atoms with E-state index in [0.29, 0.717) is 12.0 Å². The highest BCUT2D eigenvalue weighted by Crippen LogP contribution is 2.28. The molecule has 0 heterocycles. The minimum atomic E-state index is -1.15. The summed E-state index contributed by atoms with van der Waals surface area (Å²) in [5.41, 5.74) is -1.11. The molecule has 0 fully saturated rings. The molecule has 1 rings (SSSR count). The van der Waals surface area contributed by atoms with Crippen molar-refractivity contribution in [1.82, 2.24) is 5.32 Å². The fourth-order valence-electron chi connectivity index (χ4n) is 2.08.